The molecular formula is C33H46N4O3. The number of ether oxygens (including phenoxy) is 1. The van der Waals surface area contributed by atoms with Crippen molar-refractivity contribution in [2.24, 2.45) is 11.3 Å². The van der Waals surface area contributed by atoms with E-state index in [4.69, 9.17) is 16.3 Å². The third-order valence-electron chi connectivity index (χ3n) is 7.94. The van der Waals surface area contributed by atoms with Crippen LogP contribution in [-0.4, -0.2) is 36.2 Å². The molecule has 1 unspecified atom stereocenters. The second kappa shape index (κ2) is 12.7. The molecule has 7 heteroatoms. The fourth-order valence-corrected chi connectivity index (χ4v) is 5.52. The number of carboxylic acids is 1. The average molecular weight is 547 g/mol. The minimum atomic E-state index is -1.08. The van der Waals surface area contributed by atoms with Crippen molar-refractivity contribution in [1.82, 2.24) is 4.90 Å². The van der Waals surface area contributed by atoms with Crippen LogP contribution in [0.5, 0.6) is 5.75 Å². The van der Waals surface area contributed by atoms with Crippen LogP contribution >= 0.6 is 0 Å². The first-order valence-corrected chi connectivity index (χ1v) is 14.1. The van der Waals surface area contributed by atoms with Gasteiger partial charge in [-0.15, -0.1) is 0 Å². The third kappa shape index (κ3) is 6.26. The highest BCUT2D eigenvalue weighted by Gasteiger charge is 2.40. The summed E-state index contributed by atoms with van der Waals surface area (Å²) in [5, 5.41) is 11.8. The van der Waals surface area contributed by atoms with Crippen molar-refractivity contribution < 1.29 is 14.6 Å². The number of hydrazine groups is 1. The Labute approximate surface area is 239 Å². The topological polar surface area (TPSA) is 105 Å². The number of benzene rings is 3. The molecule has 0 saturated carbocycles. The lowest BCUT2D eigenvalue weighted by molar-refractivity contribution is -0.147. The molecule has 4 rings (SSSR count). The Morgan fingerprint density at radius 3 is 2.45 bits per heavy atom. The monoisotopic (exact) mass is 546 g/mol. The van der Waals surface area contributed by atoms with Gasteiger partial charge in [0.25, 0.3) is 0 Å². The van der Waals surface area contributed by atoms with E-state index in [-0.39, 0.29) is 0 Å². The SMILES string of the molecule is CC.Cc1ccc(C(c2ccc(N(C)N)c(N)c2C)C(C)(C)C(=O)O)cc1CN1CCOc2c(C)cccc2C1. The Morgan fingerprint density at radius 1 is 1.10 bits per heavy atom. The van der Waals surface area contributed by atoms with Crippen molar-refractivity contribution in [2.75, 3.05) is 30.9 Å². The molecular weight excluding hydrogens is 500 g/mol. The number of nitrogens with two attached hydrogens (primary N) is 2. The molecule has 0 aliphatic carbocycles. The normalized spacial score (nSPS) is 14.2. The summed E-state index contributed by atoms with van der Waals surface area (Å²) < 4.78 is 6.09. The second-order valence-corrected chi connectivity index (χ2v) is 11.1. The zero-order chi connectivity index (χ0) is 29.8. The van der Waals surface area contributed by atoms with E-state index in [9.17, 15) is 9.90 Å². The van der Waals surface area contributed by atoms with E-state index in [0.717, 1.165) is 47.6 Å². The number of aliphatic carboxylic acids is 1. The van der Waals surface area contributed by atoms with E-state index in [0.29, 0.717) is 18.0 Å². The molecule has 3 aromatic rings. The highest BCUT2D eigenvalue weighted by molar-refractivity contribution is 5.78. The molecule has 1 aliphatic rings. The van der Waals surface area contributed by atoms with Crippen LogP contribution in [0.25, 0.3) is 0 Å². The number of rotatable bonds is 7. The van der Waals surface area contributed by atoms with Gasteiger partial charge < -0.3 is 20.6 Å². The minimum absolute atomic E-state index is 0.408. The van der Waals surface area contributed by atoms with Crippen molar-refractivity contribution in [3.8, 4) is 5.75 Å². The zero-order valence-electron chi connectivity index (χ0n) is 25.3. The number of para-hydroxylation sites is 1. The molecule has 0 spiro atoms. The van der Waals surface area contributed by atoms with E-state index in [1.54, 1.807) is 20.9 Å². The van der Waals surface area contributed by atoms with Crippen LogP contribution in [0.4, 0.5) is 11.4 Å². The van der Waals surface area contributed by atoms with E-state index in [1.807, 2.05) is 32.9 Å². The molecule has 216 valence electrons. The minimum Gasteiger partial charge on any atom is -0.492 e. The van der Waals surface area contributed by atoms with Gasteiger partial charge in [0.05, 0.1) is 16.8 Å². The highest BCUT2D eigenvalue weighted by atomic mass is 16.5. The maximum atomic E-state index is 12.6. The largest absolute Gasteiger partial charge is 0.492 e. The first-order chi connectivity index (χ1) is 18.9. The number of fused-ring (bicyclic) bond motifs is 1. The lowest BCUT2D eigenvalue weighted by Gasteiger charge is -2.34. The summed E-state index contributed by atoms with van der Waals surface area (Å²) in [7, 11) is 1.74. The number of nitrogen functional groups attached to an aromatic ring is 1. The van der Waals surface area contributed by atoms with E-state index in [2.05, 4.69) is 55.1 Å². The molecule has 3 aromatic carbocycles. The molecule has 0 aromatic heterocycles. The van der Waals surface area contributed by atoms with Crippen LogP contribution in [0.3, 0.4) is 0 Å². The summed E-state index contributed by atoms with van der Waals surface area (Å²) in [4.78, 5) is 14.9. The van der Waals surface area contributed by atoms with Crippen molar-refractivity contribution in [1.29, 1.82) is 0 Å². The molecule has 5 N–H and O–H groups in total. The van der Waals surface area contributed by atoms with Gasteiger partial charge in [0, 0.05) is 38.2 Å². The van der Waals surface area contributed by atoms with Gasteiger partial charge in [-0.05, 0) is 74.1 Å². The number of aryl methyl sites for hydroxylation is 2. The van der Waals surface area contributed by atoms with Gasteiger partial charge in [0.1, 0.15) is 12.4 Å². The fraction of sp³-hybridized carbons (Fsp3) is 0.424. The molecule has 0 amide bonds. The maximum absolute atomic E-state index is 12.6. The average Bonchev–Trinajstić information content (AvgIpc) is 3.12. The molecule has 0 bridgehead atoms. The molecule has 1 heterocycles. The number of anilines is 2. The molecule has 0 saturated heterocycles. The van der Waals surface area contributed by atoms with Crippen molar-refractivity contribution >= 4 is 17.3 Å². The predicted molar refractivity (Wildman–Crippen MR) is 165 cm³/mol. The molecule has 0 radical (unpaired) electrons. The van der Waals surface area contributed by atoms with E-state index < -0.39 is 17.3 Å². The molecule has 0 fully saturated rings. The molecule has 40 heavy (non-hydrogen) atoms. The number of carbonyl (C=O) groups is 1. The van der Waals surface area contributed by atoms with Gasteiger partial charge in [0.15, 0.2) is 0 Å². The fourth-order valence-electron chi connectivity index (χ4n) is 5.52. The molecule has 7 nitrogen and oxygen atoms in total. The summed E-state index contributed by atoms with van der Waals surface area (Å²) in [6.07, 6.45) is 0. The Balaban J connectivity index is 0.00000216. The number of carboxylic acid groups (broad SMARTS) is 1. The van der Waals surface area contributed by atoms with Crippen molar-refractivity contribution in [3.63, 3.8) is 0 Å². The Hall–Kier alpha value is -3.55. The Bertz CT molecular complexity index is 1350. The summed E-state index contributed by atoms with van der Waals surface area (Å²) in [5.41, 5.74) is 14.1. The van der Waals surface area contributed by atoms with Gasteiger partial charge in [-0.25, -0.2) is 5.84 Å². The van der Waals surface area contributed by atoms with Crippen LogP contribution < -0.4 is 21.3 Å². The maximum Gasteiger partial charge on any atom is 0.310 e. The quantitative estimate of drug-likeness (QED) is 0.185. The molecule has 1 aliphatic heterocycles. The Kier molecular flexibility index (Phi) is 9.87. The van der Waals surface area contributed by atoms with Crippen LogP contribution in [0.1, 0.15) is 72.6 Å². The third-order valence-corrected chi connectivity index (χ3v) is 7.94. The smallest absolute Gasteiger partial charge is 0.310 e. The van der Waals surface area contributed by atoms with Gasteiger partial charge in [-0.2, -0.15) is 0 Å². The number of hydrogen-bond acceptors (Lipinski definition) is 6. The van der Waals surface area contributed by atoms with E-state index in [1.165, 1.54) is 21.7 Å². The highest BCUT2D eigenvalue weighted by Crippen LogP contribution is 2.45. The lowest BCUT2D eigenvalue weighted by Crippen LogP contribution is -2.33. The summed E-state index contributed by atoms with van der Waals surface area (Å²) in [6, 6.07) is 16.4. The lowest BCUT2D eigenvalue weighted by atomic mass is 9.69. The van der Waals surface area contributed by atoms with Gasteiger partial charge in [0.2, 0.25) is 0 Å². The van der Waals surface area contributed by atoms with Gasteiger partial charge in [-0.3, -0.25) is 9.69 Å². The zero-order valence-corrected chi connectivity index (χ0v) is 25.3. The summed E-state index contributed by atoms with van der Waals surface area (Å²) in [6.45, 7) is 16.7. The van der Waals surface area contributed by atoms with Crippen LogP contribution in [-0.2, 0) is 17.9 Å². The second-order valence-electron chi connectivity index (χ2n) is 11.1. The van der Waals surface area contributed by atoms with Crippen molar-refractivity contribution in [3.05, 3.63) is 87.5 Å². The van der Waals surface area contributed by atoms with Crippen molar-refractivity contribution in [2.45, 2.75) is 67.5 Å². The van der Waals surface area contributed by atoms with Gasteiger partial charge >= 0.3 is 5.97 Å². The first kappa shape index (κ1) is 31.0. The van der Waals surface area contributed by atoms with Crippen LogP contribution in [0, 0.1) is 26.2 Å². The van der Waals surface area contributed by atoms with Crippen LogP contribution in [0.2, 0.25) is 0 Å². The standard InChI is InChI=1S/C31H40N4O3.C2H6/c1-19-10-11-22(16-24(19)18-35-14-15-38-29-20(2)8-7-9-23(29)17-35)27(31(4,5)30(36)37)25-12-13-26(34(6)33)28(32)21(25)3;1-2/h7-13,16,27H,14-15,17-18,32-33H2,1-6H3,(H,36,37);1-2H3. The molecule has 1 atom stereocenters. The number of nitrogens with zero attached hydrogens (tertiary/aromatic N) is 2. The predicted octanol–water partition coefficient (Wildman–Crippen LogP) is 6.17. The summed E-state index contributed by atoms with van der Waals surface area (Å²) in [5.74, 6) is 5.69. The first-order valence-electron chi connectivity index (χ1n) is 14.1. The number of hydrogen-bond donors (Lipinski definition) is 3. The summed E-state index contributed by atoms with van der Waals surface area (Å²) >= 11 is 0. The van der Waals surface area contributed by atoms with Crippen LogP contribution in [0.15, 0.2) is 48.5 Å². The van der Waals surface area contributed by atoms with E-state index >= 15 is 0 Å². The van der Waals surface area contributed by atoms with Gasteiger partial charge in [-0.1, -0.05) is 56.3 Å². The Morgan fingerprint density at radius 2 is 1.80 bits per heavy atom.